The van der Waals surface area contributed by atoms with Gasteiger partial charge in [-0.15, -0.1) is 11.3 Å². The number of carbonyl (C=O) groups excluding carboxylic acids is 3. The molecular weight excluding hydrogens is 606 g/mol. The van der Waals surface area contributed by atoms with Crippen LogP contribution in [0.15, 0.2) is 5.38 Å². The van der Waals surface area contributed by atoms with Gasteiger partial charge in [0.15, 0.2) is 5.13 Å². The van der Waals surface area contributed by atoms with Gasteiger partial charge in [-0.1, -0.05) is 58.8 Å². The van der Waals surface area contributed by atoms with Crippen LogP contribution in [0.25, 0.3) is 0 Å². The highest BCUT2D eigenvalue weighted by atomic mass is 32.1. The fourth-order valence-electron chi connectivity index (χ4n) is 7.50. The van der Waals surface area contributed by atoms with Crippen molar-refractivity contribution in [2.45, 2.75) is 116 Å². The van der Waals surface area contributed by atoms with Crippen molar-refractivity contribution in [3.8, 4) is 0 Å². The molecule has 12 heteroatoms. The molecule has 0 radical (unpaired) electrons. The van der Waals surface area contributed by atoms with Gasteiger partial charge in [-0.05, 0) is 43.4 Å². The lowest BCUT2D eigenvalue weighted by Gasteiger charge is -2.42. The van der Waals surface area contributed by atoms with Crippen LogP contribution in [0.5, 0.6) is 0 Å². The molecule has 2 heterocycles. The van der Waals surface area contributed by atoms with E-state index in [2.05, 4.69) is 10.3 Å². The van der Waals surface area contributed by atoms with E-state index in [1.165, 1.54) is 17.8 Å². The molecule has 2 aliphatic carbocycles. The maximum absolute atomic E-state index is 14.8. The lowest BCUT2D eigenvalue weighted by atomic mass is 9.81. The first-order chi connectivity index (χ1) is 22.1. The monoisotopic (exact) mass is 663 g/mol. The summed E-state index contributed by atoms with van der Waals surface area (Å²) in [5.74, 6) is -0.662. The molecule has 2 saturated carbocycles. The largest absolute Gasteiger partial charge is 0.390 e. The number of ether oxygens (including phenoxy) is 1. The van der Waals surface area contributed by atoms with Crippen molar-refractivity contribution >= 4 is 34.2 Å². The van der Waals surface area contributed by atoms with Crippen molar-refractivity contribution in [1.29, 1.82) is 0 Å². The Labute approximate surface area is 278 Å². The van der Waals surface area contributed by atoms with Crippen molar-refractivity contribution < 1.29 is 29.3 Å². The Balaban J connectivity index is 1.58. The van der Waals surface area contributed by atoms with Crippen molar-refractivity contribution in [3.05, 3.63) is 11.1 Å². The number of nitrogens with two attached hydrogens (primary N) is 1. The molecule has 260 valence electrons. The third-order valence-corrected chi connectivity index (χ3v) is 10.7. The third-order valence-electron chi connectivity index (χ3n) is 10.0. The Morgan fingerprint density at radius 1 is 1.07 bits per heavy atom. The highest BCUT2D eigenvalue weighted by Gasteiger charge is 2.40. The van der Waals surface area contributed by atoms with Crippen LogP contribution in [0.1, 0.15) is 96.6 Å². The van der Waals surface area contributed by atoms with Crippen molar-refractivity contribution in [2.24, 2.45) is 23.7 Å². The topological polar surface area (TPSA) is 158 Å². The van der Waals surface area contributed by atoms with E-state index in [9.17, 15) is 24.6 Å². The molecule has 4 rings (SSSR count). The normalized spacial score (nSPS) is 20.8. The number of nitrogens with one attached hydrogen (secondary N) is 1. The van der Waals surface area contributed by atoms with Crippen LogP contribution < -0.4 is 11.1 Å². The van der Waals surface area contributed by atoms with Gasteiger partial charge in [0.2, 0.25) is 17.7 Å². The van der Waals surface area contributed by atoms with Gasteiger partial charge in [0.1, 0.15) is 6.10 Å². The van der Waals surface area contributed by atoms with Gasteiger partial charge < -0.3 is 35.8 Å². The third kappa shape index (κ3) is 11.2. The van der Waals surface area contributed by atoms with Crippen molar-refractivity contribution in [3.63, 3.8) is 0 Å². The molecule has 0 aromatic carbocycles. The number of hydrogen-bond acceptors (Lipinski definition) is 9. The van der Waals surface area contributed by atoms with Gasteiger partial charge in [0, 0.05) is 37.9 Å². The second kappa shape index (κ2) is 18.3. The Bertz CT molecular complexity index is 1100. The summed E-state index contributed by atoms with van der Waals surface area (Å²) < 4.78 is 5.33. The van der Waals surface area contributed by atoms with E-state index in [1.54, 1.807) is 4.90 Å². The number of amides is 3. The zero-order chi connectivity index (χ0) is 33.1. The van der Waals surface area contributed by atoms with E-state index in [-0.39, 0.29) is 43.0 Å². The number of aliphatic hydroxyl groups excluding tert-OH is 2. The maximum Gasteiger partial charge on any atom is 0.242 e. The maximum atomic E-state index is 14.8. The van der Waals surface area contributed by atoms with Gasteiger partial charge in [-0.25, -0.2) is 4.98 Å². The standard InChI is InChI=1S/C34H57N5O6S/c1-23(2)16-29(40)32(43)28(17-24-8-4-3-5-9-24)39(21-25-10-6-7-11-25)33(44)26(18-27-22-46-34(35)37-27)19-30(41)36-20-31(42)38-12-14-45-15-13-38/h22-26,28-29,32,40,43H,3-21H2,1-2H3,(H2,35,37)(H,36,41)/t26-,28+,29+,32-/m1/s1. The van der Waals surface area contributed by atoms with Gasteiger partial charge in [-0.2, -0.15) is 0 Å². The van der Waals surface area contributed by atoms with Gasteiger partial charge in [0.25, 0.3) is 0 Å². The molecule has 3 aliphatic rings. The van der Waals surface area contributed by atoms with Crippen LogP contribution in [0.2, 0.25) is 0 Å². The zero-order valence-corrected chi connectivity index (χ0v) is 28.7. The second-order valence-electron chi connectivity index (χ2n) is 14.2. The molecule has 4 atom stereocenters. The van der Waals surface area contributed by atoms with E-state index in [0.29, 0.717) is 68.4 Å². The van der Waals surface area contributed by atoms with Crippen molar-refractivity contribution in [1.82, 2.24) is 20.1 Å². The first-order valence-electron chi connectivity index (χ1n) is 17.6. The number of anilines is 1. The summed E-state index contributed by atoms with van der Waals surface area (Å²) in [5, 5.41) is 28.0. The molecule has 3 amide bonds. The predicted molar refractivity (Wildman–Crippen MR) is 179 cm³/mol. The molecule has 0 spiro atoms. The smallest absolute Gasteiger partial charge is 0.242 e. The number of aliphatic hydroxyl groups is 2. The van der Waals surface area contributed by atoms with E-state index >= 15 is 0 Å². The van der Waals surface area contributed by atoms with E-state index in [4.69, 9.17) is 10.5 Å². The number of aromatic nitrogens is 1. The highest BCUT2D eigenvalue weighted by molar-refractivity contribution is 7.13. The first kappa shape index (κ1) is 36.6. The number of carbonyl (C=O) groups is 3. The molecule has 11 nitrogen and oxygen atoms in total. The number of hydrogen-bond donors (Lipinski definition) is 4. The summed E-state index contributed by atoms with van der Waals surface area (Å²) in [6.07, 6.45) is 8.95. The van der Waals surface area contributed by atoms with Crippen LogP contribution in [0.4, 0.5) is 5.13 Å². The summed E-state index contributed by atoms with van der Waals surface area (Å²) in [5.41, 5.74) is 6.58. The molecule has 1 saturated heterocycles. The molecule has 0 unspecified atom stereocenters. The van der Waals surface area contributed by atoms with E-state index < -0.39 is 24.2 Å². The SMILES string of the molecule is CC(C)C[C@H](O)[C@H](O)[C@H](CC1CCCCC1)N(CC1CCCC1)C(=O)[C@@H](CC(=O)NCC(=O)N1CCOCC1)Cc1csc(N)n1. The zero-order valence-electron chi connectivity index (χ0n) is 27.9. The molecule has 46 heavy (non-hydrogen) atoms. The molecule has 5 N–H and O–H groups in total. The summed E-state index contributed by atoms with van der Waals surface area (Å²) >= 11 is 1.29. The van der Waals surface area contributed by atoms with Crippen molar-refractivity contribution in [2.75, 3.05) is 45.1 Å². The molecule has 1 aromatic rings. The molecule has 1 aliphatic heterocycles. The Hall–Kier alpha value is -2.28. The van der Waals surface area contributed by atoms with Crippen LogP contribution in [-0.4, -0.2) is 100 Å². The number of thiazole rings is 1. The van der Waals surface area contributed by atoms with E-state index in [0.717, 1.165) is 51.4 Å². The Morgan fingerprint density at radius 2 is 1.72 bits per heavy atom. The number of nitrogen functional groups attached to an aromatic ring is 1. The quantitative estimate of drug-likeness (QED) is 0.210. The van der Waals surface area contributed by atoms with Crippen LogP contribution in [0.3, 0.4) is 0 Å². The van der Waals surface area contributed by atoms with Crippen LogP contribution in [0, 0.1) is 23.7 Å². The predicted octanol–water partition coefficient (Wildman–Crippen LogP) is 3.37. The molecule has 1 aromatic heterocycles. The van der Waals surface area contributed by atoms with Crippen LogP contribution in [-0.2, 0) is 25.5 Å². The summed E-state index contributed by atoms with van der Waals surface area (Å²) in [6, 6.07) is -0.557. The molecular formula is C34H57N5O6S. The van der Waals surface area contributed by atoms with Gasteiger partial charge in [0.05, 0.1) is 43.5 Å². The summed E-state index contributed by atoms with van der Waals surface area (Å²) in [7, 11) is 0. The fraction of sp³-hybridized carbons (Fsp3) is 0.824. The minimum atomic E-state index is -1.09. The first-order valence-corrected chi connectivity index (χ1v) is 18.5. The number of rotatable bonds is 16. The van der Waals surface area contributed by atoms with Crippen LogP contribution >= 0.6 is 11.3 Å². The minimum absolute atomic E-state index is 0.116. The average Bonchev–Trinajstić information content (AvgIpc) is 3.72. The van der Waals surface area contributed by atoms with E-state index in [1.807, 2.05) is 24.1 Å². The van der Waals surface area contributed by atoms with Gasteiger partial charge >= 0.3 is 0 Å². The van der Waals surface area contributed by atoms with Gasteiger partial charge in [-0.3, -0.25) is 14.4 Å². The number of morpholine rings is 1. The summed E-state index contributed by atoms with van der Waals surface area (Å²) in [4.78, 5) is 48.8. The Morgan fingerprint density at radius 3 is 2.35 bits per heavy atom. The average molecular weight is 664 g/mol. The second-order valence-corrected chi connectivity index (χ2v) is 15.1. The number of nitrogens with zero attached hydrogens (tertiary/aromatic N) is 3. The highest BCUT2D eigenvalue weighted by Crippen LogP contribution is 2.34. The lowest BCUT2D eigenvalue weighted by molar-refractivity contribution is -0.147. The Kier molecular flexibility index (Phi) is 14.6. The fourth-order valence-corrected chi connectivity index (χ4v) is 8.07. The molecule has 0 bridgehead atoms. The lowest BCUT2D eigenvalue weighted by Crippen LogP contribution is -2.55. The minimum Gasteiger partial charge on any atom is -0.390 e. The molecule has 3 fully saturated rings. The summed E-state index contributed by atoms with van der Waals surface area (Å²) in [6.45, 7) is 6.33.